The van der Waals surface area contributed by atoms with Gasteiger partial charge in [0.25, 0.3) is 0 Å². The number of ether oxygens (including phenoxy) is 3. The molecule has 1 aliphatic rings. The monoisotopic (exact) mass is 378 g/mol. The molecule has 1 heterocycles. The highest BCUT2D eigenvalue weighted by molar-refractivity contribution is 5.79. The maximum absolute atomic E-state index is 5.94. The molecule has 0 radical (unpaired) electrons. The molecular weight excluding hydrogens is 344 g/mol. The fraction of sp³-hybridized carbons (Fsp3) is 0.650. The van der Waals surface area contributed by atoms with Crippen molar-refractivity contribution in [3.8, 4) is 11.5 Å². The Labute approximate surface area is 163 Å². The van der Waals surface area contributed by atoms with E-state index in [0.717, 1.165) is 50.3 Å². The molecule has 0 saturated carbocycles. The van der Waals surface area contributed by atoms with Gasteiger partial charge in [-0.1, -0.05) is 6.07 Å². The van der Waals surface area contributed by atoms with Gasteiger partial charge in [0.05, 0.1) is 26.9 Å². The molecule has 1 fully saturated rings. The van der Waals surface area contributed by atoms with Crippen LogP contribution >= 0.6 is 0 Å². The highest BCUT2D eigenvalue weighted by Crippen LogP contribution is 2.19. The average Bonchev–Trinajstić information content (AvgIpc) is 2.69. The van der Waals surface area contributed by atoms with Gasteiger partial charge in [-0.3, -0.25) is 9.89 Å². The zero-order valence-corrected chi connectivity index (χ0v) is 17.2. The largest absolute Gasteiger partial charge is 0.497 e. The summed E-state index contributed by atoms with van der Waals surface area (Å²) in [5.41, 5.74) is 0.0319. The van der Waals surface area contributed by atoms with E-state index in [1.54, 1.807) is 14.2 Å². The SMILES string of the molecule is CN=C(NCC(C)Oc1cccc(OC)c1)NCC(C)(C)N1CCOCC1. The molecule has 7 nitrogen and oxygen atoms in total. The molecule has 0 bridgehead atoms. The Balaban J connectivity index is 1.77. The summed E-state index contributed by atoms with van der Waals surface area (Å²) in [6, 6.07) is 7.63. The van der Waals surface area contributed by atoms with E-state index in [4.69, 9.17) is 14.2 Å². The highest BCUT2D eigenvalue weighted by Gasteiger charge is 2.28. The molecule has 0 spiro atoms. The number of methoxy groups -OCH3 is 1. The van der Waals surface area contributed by atoms with Crippen LogP contribution in [0, 0.1) is 0 Å². The molecule has 1 aromatic carbocycles. The lowest BCUT2D eigenvalue weighted by Gasteiger charge is -2.41. The lowest BCUT2D eigenvalue weighted by molar-refractivity contribution is -0.00834. The fourth-order valence-electron chi connectivity index (χ4n) is 2.99. The molecular formula is C20H34N4O3. The van der Waals surface area contributed by atoms with Crippen LogP contribution in [0.2, 0.25) is 0 Å². The molecule has 1 saturated heterocycles. The van der Waals surface area contributed by atoms with Crippen LogP contribution in [0.15, 0.2) is 29.3 Å². The molecule has 1 atom stereocenters. The van der Waals surface area contributed by atoms with Crippen LogP contribution in [0.3, 0.4) is 0 Å². The summed E-state index contributed by atoms with van der Waals surface area (Å²) in [7, 11) is 3.43. The third-order valence-electron chi connectivity index (χ3n) is 4.71. The van der Waals surface area contributed by atoms with Crippen molar-refractivity contribution >= 4 is 5.96 Å². The number of guanidine groups is 1. The van der Waals surface area contributed by atoms with E-state index < -0.39 is 0 Å². The van der Waals surface area contributed by atoms with E-state index >= 15 is 0 Å². The summed E-state index contributed by atoms with van der Waals surface area (Å²) >= 11 is 0. The maximum atomic E-state index is 5.94. The summed E-state index contributed by atoms with van der Waals surface area (Å²) in [6.45, 7) is 11.5. The molecule has 27 heavy (non-hydrogen) atoms. The normalized spacial score (nSPS) is 17.3. The second-order valence-electron chi connectivity index (χ2n) is 7.33. The van der Waals surface area contributed by atoms with Crippen LogP contribution in [0.25, 0.3) is 0 Å². The Hall–Kier alpha value is -1.99. The maximum Gasteiger partial charge on any atom is 0.191 e. The number of rotatable bonds is 8. The van der Waals surface area contributed by atoms with Gasteiger partial charge in [-0.2, -0.15) is 0 Å². The third-order valence-corrected chi connectivity index (χ3v) is 4.71. The van der Waals surface area contributed by atoms with Crippen molar-refractivity contribution in [3.63, 3.8) is 0 Å². The van der Waals surface area contributed by atoms with Gasteiger partial charge >= 0.3 is 0 Å². The minimum absolute atomic E-state index is 0.0112. The van der Waals surface area contributed by atoms with Gasteiger partial charge in [0.2, 0.25) is 0 Å². The number of aliphatic imine (C=N–C) groups is 1. The van der Waals surface area contributed by atoms with Crippen LogP contribution in [0.4, 0.5) is 0 Å². The van der Waals surface area contributed by atoms with Crippen LogP contribution in [0.5, 0.6) is 11.5 Å². The van der Waals surface area contributed by atoms with Crippen molar-refractivity contribution < 1.29 is 14.2 Å². The van der Waals surface area contributed by atoms with Crippen LogP contribution < -0.4 is 20.1 Å². The first-order valence-corrected chi connectivity index (χ1v) is 9.52. The third kappa shape index (κ3) is 6.92. The van der Waals surface area contributed by atoms with Gasteiger partial charge in [-0.25, -0.2) is 0 Å². The van der Waals surface area contributed by atoms with E-state index in [2.05, 4.69) is 34.4 Å². The predicted molar refractivity (Wildman–Crippen MR) is 109 cm³/mol. The van der Waals surface area contributed by atoms with Gasteiger partial charge in [0, 0.05) is 38.3 Å². The van der Waals surface area contributed by atoms with Crippen molar-refractivity contribution in [2.45, 2.75) is 32.4 Å². The molecule has 2 rings (SSSR count). The van der Waals surface area contributed by atoms with Gasteiger partial charge in [-0.15, -0.1) is 0 Å². The molecule has 0 aromatic heterocycles. The highest BCUT2D eigenvalue weighted by atomic mass is 16.5. The number of nitrogens with zero attached hydrogens (tertiary/aromatic N) is 2. The second-order valence-corrected chi connectivity index (χ2v) is 7.33. The van der Waals surface area contributed by atoms with E-state index in [9.17, 15) is 0 Å². The Bertz CT molecular complexity index is 601. The standard InChI is InChI=1S/C20H34N4O3/c1-16(27-18-8-6-7-17(13-18)25-5)14-22-19(21-4)23-15-20(2,3)24-9-11-26-12-10-24/h6-8,13,16H,9-12,14-15H2,1-5H3,(H2,21,22,23). The Morgan fingerprint density at radius 2 is 1.96 bits per heavy atom. The van der Waals surface area contributed by atoms with Crippen LogP contribution in [0.1, 0.15) is 20.8 Å². The fourth-order valence-corrected chi connectivity index (χ4v) is 2.99. The first kappa shape index (κ1) is 21.3. The first-order valence-electron chi connectivity index (χ1n) is 9.52. The van der Waals surface area contributed by atoms with E-state index in [1.165, 1.54) is 0 Å². The topological polar surface area (TPSA) is 67.4 Å². The number of hydrogen-bond acceptors (Lipinski definition) is 5. The lowest BCUT2D eigenvalue weighted by Crippen LogP contribution is -2.56. The summed E-state index contributed by atoms with van der Waals surface area (Å²) in [4.78, 5) is 6.77. The van der Waals surface area contributed by atoms with Crippen LogP contribution in [-0.4, -0.2) is 76.1 Å². The summed E-state index contributed by atoms with van der Waals surface area (Å²) in [5, 5.41) is 6.76. The van der Waals surface area contributed by atoms with Crippen molar-refractivity contribution in [1.29, 1.82) is 0 Å². The Morgan fingerprint density at radius 3 is 2.63 bits per heavy atom. The van der Waals surface area contributed by atoms with Gasteiger partial charge < -0.3 is 24.8 Å². The molecule has 1 aromatic rings. The minimum atomic E-state index is -0.0112. The number of hydrogen-bond donors (Lipinski definition) is 2. The molecule has 0 amide bonds. The first-order chi connectivity index (χ1) is 12.9. The number of morpholine rings is 1. The average molecular weight is 379 g/mol. The predicted octanol–water partition coefficient (Wildman–Crippen LogP) is 1.74. The van der Waals surface area contributed by atoms with Crippen molar-refractivity contribution in [2.24, 2.45) is 4.99 Å². The van der Waals surface area contributed by atoms with E-state index in [0.29, 0.717) is 6.54 Å². The molecule has 152 valence electrons. The Morgan fingerprint density at radius 1 is 1.26 bits per heavy atom. The zero-order valence-electron chi connectivity index (χ0n) is 17.2. The quantitative estimate of drug-likeness (QED) is 0.531. The number of benzene rings is 1. The zero-order chi connectivity index (χ0) is 19.7. The molecule has 2 N–H and O–H groups in total. The minimum Gasteiger partial charge on any atom is -0.497 e. The molecule has 0 aliphatic carbocycles. The number of nitrogens with one attached hydrogen (secondary N) is 2. The molecule has 1 aliphatic heterocycles. The van der Waals surface area contributed by atoms with Gasteiger partial charge in [-0.05, 0) is 32.9 Å². The Kier molecular flexibility index (Phi) is 8.19. The van der Waals surface area contributed by atoms with Gasteiger partial charge in [0.1, 0.15) is 17.6 Å². The van der Waals surface area contributed by atoms with E-state index in [1.807, 2.05) is 31.2 Å². The van der Waals surface area contributed by atoms with Gasteiger partial charge in [0.15, 0.2) is 5.96 Å². The second kappa shape index (κ2) is 10.4. The smallest absolute Gasteiger partial charge is 0.191 e. The van der Waals surface area contributed by atoms with Crippen molar-refractivity contribution in [1.82, 2.24) is 15.5 Å². The summed E-state index contributed by atoms with van der Waals surface area (Å²) < 4.78 is 16.6. The van der Waals surface area contributed by atoms with E-state index in [-0.39, 0.29) is 11.6 Å². The van der Waals surface area contributed by atoms with Crippen molar-refractivity contribution in [2.75, 3.05) is 53.6 Å². The molecule has 7 heteroatoms. The molecule has 1 unspecified atom stereocenters. The summed E-state index contributed by atoms with van der Waals surface area (Å²) in [5.74, 6) is 2.35. The summed E-state index contributed by atoms with van der Waals surface area (Å²) in [6.07, 6.45) is -0.0112. The van der Waals surface area contributed by atoms with Crippen molar-refractivity contribution in [3.05, 3.63) is 24.3 Å². The lowest BCUT2D eigenvalue weighted by atomic mass is 10.0. The van der Waals surface area contributed by atoms with Crippen LogP contribution in [-0.2, 0) is 4.74 Å².